The Hall–Kier alpha value is -0.730. The van der Waals surface area contributed by atoms with Crippen LogP contribution in [0.4, 0.5) is 0 Å². The van der Waals surface area contributed by atoms with E-state index in [0.717, 1.165) is 0 Å². The van der Waals surface area contributed by atoms with Crippen LogP contribution in [-0.4, -0.2) is 56.8 Å². The number of aliphatic carboxylic acids is 1. The fraction of sp³-hybridized carbons (Fsp3) is 0.889. The second kappa shape index (κ2) is 10.8. The van der Waals surface area contributed by atoms with Crippen LogP contribution in [0.25, 0.3) is 0 Å². The minimum Gasteiger partial charge on any atom is -0.479 e. The van der Waals surface area contributed by atoms with Crippen molar-refractivity contribution >= 4 is 5.97 Å². The second-order valence-corrected chi connectivity index (χ2v) is 3.03. The molecular weight excluding hydrogens is 216 g/mol. The molecule has 0 amide bonds. The van der Waals surface area contributed by atoms with Crippen molar-refractivity contribution in [3.05, 3.63) is 0 Å². The monoisotopic (exact) mass is 236 g/mol. The number of hydrazine groups is 1. The molecule has 0 heterocycles. The van der Waals surface area contributed by atoms with Gasteiger partial charge in [-0.1, -0.05) is 0 Å². The van der Waals surface area contributed by atoms with Gasteiger partial charge in [-0.2, -0.15) is 0 Å². The summed E-state index contributed by atoms with van der Waals surface area (Å²) in [6, 6.07) is 0. The highest BCUT2D eigenvalue weighted by atomic mass is 16.6. The first-order valence-electron chi connectivity index (χ1n) is 5.12. The fourth-order valence-corrected chi connectivity index (χ4v) is 0.808. The quantitative estimate of drug-likeness (QED) is 0.239. The molecule has 0 saturated heterocycles. The predicted molar refractivity (Wildman–Crippen MR) is 56.9 cm³/mol. The van der Waals surface area contributed by atoms with Gasteiger partial charge in [-0.15, -0.1) is 0 Å². The van der Waals surface area contributed by atoms with Gasteiger partial charge in [0.25, 0.3) is 0 Å². The lowest BCUT2D eigenvalue weighted by molar-refractivity contribution is -0.150. The van der Waals surface area contributed by atoms with Crippen LogP contribution >= 0.6 is 0 Å². The highest BCUT2D eigenvalue weighted by Crippen LogP contribution is 1.90. The van der Waals surface area contributed by atoms with Crippen molar-refractivity contribution in [1.29, 1.82) is 0 Å². The predicted octanol–water partition coefficient (Wildman–Crippen LogP) is -1.03. The van der Waals surface area contributed by atoms with Gasteiger partial charge in [0.2, 0.25) is 0 Å². The maximum absolute atomic E-state index is 10.4. The summed E-state index contributed by atoms with van der Waals surface area (Å²) in [5.74, 6) is 4.06. The third-order valence-corrected chi connectivity index (χ3v) is 1.71. The van der Waals surface area contributed by atoms with E-state index in [0.29, 0.717) is 33.0 Å². The number of nitrogens with two attached hydrogens (primary N) is 1. The lowest BCUT2D eigenvalue weighted by atomic mass is 10.4. The molecule has 0 saturated carbocycles. The van der Waals surface area contributed by atoms with Crippen LogP contribution in [0, 0.1) is 0 Å². The van der Waals surface area contributed by atoms with Gasteiger partial charge in [0.15, 0.2) is 6.10 Å². The molecule has 4 N–H and O–H groups in total. The molecule has 7 nitrogen and oxygen atoms in total. The number of hydrogen-bond acceptors (Lipinski definition) is 6. The van der Waals surface area contributed by atoms with Crippen LogP contribution in [0.2, 0.25) is 0 Å². The molecule has 0 aliphatic carbocycles. The molecule has 96 valence electrons. The SMILES string of the molecule is CC(OCCOCCOCCNN)C(=O)O. The highest BCUT2D eigenvalue weighted by molar-refractivity contribution is 5.71. The molecule has 0 rings (SSSR count). The molecule has 0 fully saturated rings. The molecule has 16 heavy (non-hydrogen) atoms. The van der Waals surface area contributed by atoms with E-state index in [9.17, 15) is 4.79 Å². The number of nitrogens with one attached hydrogen (secondary N) is 1. The van der Waals surface area contributed by atoms with Gasteiger partial charge in [0.1, 0.15) is 0 Å². The van der Waals surface area contributed by atoms with Gasteiger partial charge in [0, 0.05) is 6.54 Å². The molecule has 0 spiro atoms. The van der Waals surface area contributed by atoms with Crippen LogP contribution in [-0.2, 0) is 19.0 Å². The maximum atomic E-state index is 10.4. The summed E-state index contributed by atoms with van der Waals surface area (Å²) in [6.07, 6.45) is -0.796. The molecule has 0 aliphatic rings. The molecule has 1 atom stereocenters. The lowest BCUT2D eigenvalue weighted by Gasteiger charge is -2.09. The van der Waals surface area contributed by atoms with E-state index in [-0.39, 0.29) is 6.61 Å². The zero-order valence-electron chi connectivity index (χ0n) is 9.48. The average Bonchev–Trinajstić information content (AvgIpc) is 2.26. The molecule has 0 aliphatic heterocycles. The summed E-state index contributed by atoms with van der Waals surface area (Å²) < 4.78 is 15.2. The topological polar surface area (TPSA) is 103 Å². The molecule has 0 aromatic rings. The van der Waals surface area contributed by atoms with Crippen LogP contribution in [0.15, 0.2) is 0 Å². The first-order chi connectivity index (χ1) is 7.68. The molecule has 7 heteroatoms. The summed E-state index contributed by atoms with van der Waals surface area (Å²) in [7, 11) is 0. The minimum absolute atomic E-state index is 0.262. The number of rotatable bonds is 11. The summed E-state index contributed by atoms with van der Waals surface area (Å²) in [6.45, 7) is 4.16. The summed E-state index contributed by atoms with van der Waals surface area (Å²) in [5.41, 5.74) is 2.46. The Morgan fingerprint density at radius 1 is 1.25 bits per heavy atom. The number of hydrogen-bond donors (Lipinski definition) is 3. The van der Waals surface area contributed by atoms with E-state index in [2.05, 4.69) is 5.43 Å². The van der Waals surface area contributed by atoms with Crippen molar-refractivity contribution in [2.45, 2.75) is 13.0 Å². The van der Waals surface area contributed by atoms with Gasteiger partial charge in [-0.25, -0.2) is 4.79 Å². The Balaban J connectivity index is 3.07. The third kappa shape index (κ3) is 9.81. The largest absolute Gasteiger partial charge is 0.479 e. The third-order valence-electron chi connectivity index (χ3n) is 1.71. The first-order valence-corrected chi connectivity index (χ1v) is 5.12. The molecule has 0 aromatic carbocycles. The van der Waals surface area contributed by atoms with Crippen LogP contribution in [0.3, 0.4) is 0 Å². The minimum atomic E-state index is -0.974. The van der Waals surface area contributed by atoms with Crippen LogP contribution in [0.5, 0.6) is 0 Å². The first kappa shape index (κ1) is 15.3. The Morgan fingerprint density at radius 3 is 2.38 bits per heavy atom. The molecular formula is C9H20N2O5. The molecule has 0 aromatic heterocycles. The zero-order valence-corrected chi connectivity index (χ0v) is 9.48. The van der Waals surface area contributed by atoms with Crippen molar-refractivity contribution in [2.75, 3.05) is 39.6 Å². The van der Waals surface area contributed by atoms with E-state index in [1.807, 2.05) is 0 Å². The van der Waals surface area contributed by atoms with E-state index < -0.39 is 12.1 Å². The molecule has 0 radical (unpaired) electrons. The maximum Gasteiger partial charge on any atom is 0.332 e. The van der Waals surface area contributed by atoms with Crippen molar-refractivity contribution in [3.63, 3.8) is 0 Å². The highest BCUT2D eigenvalue weighted by Gasteiger charge is 2.09. The van der Waals surface area contributed by atoms with Crippen LogP contribution in [0.1, 0.15) is 6.92 Å². The van der Waals surface area contributed by atoms with E-state index in [1.54, 1.807) is 0 Å². The van der Waals surface area contributed by atoms with Crippen LogP contribution < -0.4 is 11.3 Å². The second-order valence-electron chi connectivity index (χ2n) is 3.03. The molecule has 1 unspecified atom stereocenters. The Labute approximate surface area is 94.8 Å². The smallest absolute Gasteiger partial charge is 0.332 e. The standard InChI is InChI=1S/C9H20N2O5/c1-8(9(12)13)16-7-6-15-5-4-14-3-2-11-10/h8,11H,2-7,10H2,1H3,(H,12,13). The Kier molecular flexibility index (Phi) is 10.3. The number of carbonyl (C=O) groups is 1. The number of carboxylic acids is 1. The van der Waals surface area contributed by atoms with E-state index in [4.69, 9.17) is 25.2 Å². The summed E-state index contributed by atoms with van der Waals surface area (Å²) in [5, 5.41) is 8.50. The van der Waals surface area contributed by atoms with Crippen molar-refractivity contribution < 1.29 is 24.1 Å². The normalized spacial score (nSPS) is 12.6. The Morgan fingerprint density at radius 2 is 1.81 bits per heavy atom. The van der Waals surface area contributed by atoms with Gasteiger partial charge in [0.05, 0.1) is 33.0 Å². The zero-order chi connectivity index (χ0) is 12.2. The van der Waals surface area contributed by atoms with Gasteiger partial charge in [-0.05, 0) is 6.92 Å². The van der Waals surface area contributed by atoms with Crippen molar-refractivity contribution in [3.8, 4) is 0 Å². The lowest BCUT2D eigenvalue weighted by Crippen LogP contribution is -2.26. The van der Waals surface area contributed by atoms with Crippen molar-refractivity contribution in [1.82, 2.24) is 5.43 Å². The van der Waals surface area contributed by atoms with Crippen molar-refractivity contribution in [2.24, 2.45) is 5.84 Å². The van der Waals surface area contributed by atoms with Gasteiger partial charge >= 0.3 is 5.97 Å². The van der Waals surface area contributed by atoms with Gasteiger partial charge < -0.3 is 19.3 Å². The van der Waals surface area contributed by atoms with E-state index >= 15 is 0 Å². The average molecular weight is 236 g/mol. The summed E-state index contributed by atoms with van der Waals surface area (Å²) in [4.78, 5) is 10.4. The number of ether oxygens (including phenoxy) is 3. The van der Waals surface area contributed by atoms with Gasteiger partial charge in [-0.3, -0.25) is 11.3 Å². The Bertz CT molecular complexity index is 179. The summed E-state index contributed by atoms with van der Waals surface area (Å²) >= 11 is 0. The number of carboxylic acid groups (broad SMARTS) is 1. The molecule has 0 bridgehead atoms. The van der Waals surface area contributed by atoms with E-state index in [1.165, 1.54) is 6.92 Å². The fourth-order valence-electron chi connectivity index (χ4n) is 0.808.